The zero-order valence-corrected chi connectivity index (χ0v) is 22.1. The number of ether oxygens (including phenoxy) is 1. The predicted molar refractivity (Wildman–Crippen MR) is 148 cm³/mol. The molecule has 0 aromatic heterocycles. The summed E-state index contributed by atoms with van der Waals surface area (Å²) in [6.07, 6.45) is -5.35. The second-order valence-corrected chi connectivity index (χ2v) is 9.91. The average molecular weight is 558 g/mol. The van der Waals surface area contributed by atoms with E-state index in [-0.39, 0.29) is 24.9 Å². The molecule has 1 N–H and O–H groups in total. The fraction of sp³-hybridized carbons (Fsp3) is 0.182. The van der Waals surface area contributed by atoms with Crippen LogP contribution in [0.25, 0.3) is 22.3 Å². The number of carbonyl (C=O) groups excluding carboxylic acids is 1. The third-order valence-corrected chi connectivity index (χ3v) is 7.23. The summed E-state index contributed by atoms with van der Waals surface area (Å²) in [6, 6.07) is 26.9. The molecule has 0 saturated carbocycles. The minimum atomic E-state index is -4.59. The largest absolute Gasteiger partial charge is 0.481 e. The van der Waals surface area contributed by atoms with Gasteiger partial charge in [0.2, 0.25) is 0 Å². The molecule has 0 amide bonds. The molecule has 1 aliphatic rings. The van der Waals surface area contributed by atoms with Gasteiger partial charge in [0.1, 0.15) is 6.10 Å². The number of rotatable bonds is 7. The van der Waals surface area contributed by atoms with E-state index in [0.717, 1.165) is 28.8 Å². The molecule has 2 atom stereocenters. The van der Waals surface area contributed by atoms with Gasteiger partial charge in [-0.15, -0.1) is 0 Å². The lowest BCUT2D eigenvalue weighted by molar-refractivity contribution is -0.138. The first-order chi connectivity index (χ1) is 19.7. The average Bonchev–Trinajstić information content (AvgIpc) is 3.28. The summed E-state index contributed by atoms with van der Waals surface area (Å²) >= 11 is 0. The highest BCUT2D eigenvalue weighted by Crippen LogP contribution is 2.42. The van der Waals surface area contributed by atoms with E-state index in [4.69, 9.17) is 4.74 Å². The van der Waals surface area contributed by atoms with Crippen molar-refractivity contribution in [2.45, 2.75) is 38.2 Å². The van der Waals surface area contributed by atoms with Crippen LogP contribution in [0.5, 0.6) is 0 Å². The van der Waals surface area contributed by atoms with E-state index in [0.29, 0.717) is 22.3 Å². The fourth-order valence-electron chi connectivity index (χ4n) is 5.24. The minimum Gasteiger partial charge on any atom is -0.481 e. The Labute approximate surface area is 235 Å². The second-order valence-electron chi connectivity index (χ2n) is 9.91. The molecule has 4 aromatic carbocycles. The zero-order chi connectivity index (χ0) is 29.1. The second kappa shape index (κ2) is 11.4. The first-order valence-corrected chi connectivity index (χ1v) is 13.0. The summed E-state index contributed by atoms with van der Waals surface area (Å²) < 4.78 is 47.6. The van der Waals surface area contributed by atoms with E-state index in [1.807, 2.05) is 73.5 Å². The van der Waals surface area contributed by atoms with Crippen LogP contribution in [0.3, 0.4) is 0 Å². The Balaban J connectivity index is 1.65. The topological polar surface area (TPSA) is 66.8 Å². The summed E-state index contributed by atoms with van der Waals surface area (Å²) in [5, 5.41) is 9.40. The number of carboxylic acid groups (broad SMARTS) is 1. The van der Waals surface area contributed by atoms with Gasteiger partial charge in [-0.1, -0.05) is 78.9 Å². The zero-order valence-electron chi connectivity index (χ0n) is 22.1. The molecule has 1 fully saturated rings. The van der Waals surface area contributed by atoms with Crippen molar-refractivity contribution in [3.63, 3.8) is 0 Å². The molecule has 41 heavy (non-hydrogen) atoms. The van der Waals surface area contributed by atoms with Crippen LogP contribution in [0, 0.1) is 0 Å². The van der Waals surface area contributed by atoms with E-state index in [9.17, 15) is 27.9 Å². The number of carboxylic acids is 1. The van der Waals surface area contributed by atoms with Gasteiger partial charge in [-0.2, -0.15) is 13.2 Å². The first-order valence-electron chi connectivity index (χ1n) is 13.0. The number of nitrogens with zero attached hydrogens (tertiary/aromatic N) is 1. The summed E-state index contributed by atoms with van der Waals surface area (Å²) in [7, 11) is 0. The van der Waals surface area contributed by atoms with Gasteiger partial charge < -0.3 is 14.7 Å². The lowest BCUT2D eigenvalue weighted by atomic mass is 9.88. The number of hydrogen-bond donors (Lipinski definition) is 1. The van der Waals surface area contributed by atoms with Gasteiger partial charge in [0, 0.05) is 6.54 Å². The van der Waals surface area contributed by atoms with E-state index in [1.54, 1.807) is 23.1 Å². The minimum absolute atomic E-state index is 0.0638. The molecule has 0 bridgehead atoms. The van der Waals surface area contributed by atoms with Crippen LogP contribution in [-0.2, 0) is 33.5 Å². The van der Waals surface area contributed by atoms with Gasteiger partial charge in [-0.3, -0.25) is 4.79 Å². The normalized spacial score (nSPS) is 16.8. The highest BCUT2D eigenvalue weighted by Gasteiger charge is 2.39. The Kier molecular flexibility index (Phi) is 7.68. The summed E-state index contributed by atoms with van der Waals surface area (Å²) in [4.78, 5) is 25.0. The maximum absolute atomic E-state index is 13.9. The van der Waals surface area contributed by atoms with Crippen molar-refractivity contribution in [1.82, 2.24) is 4.90 Å². The molecule has 1 heterocycles. The van der Waals surface area contributed by atoms with E-state index in [2.05, 4.69) is 0 Å². The van der Waals surface area contributed by atoms with Crippen LogP contribution in [-0.4, -0.2) is 28.0 Å². The molecule has 4 aromatic rings. The molecule has 5 rings (SSSR count). The molecule has 1 saturated heterocycles. The van der Waals surface area contributed by atoms with Gasteiger partial charge in [0.05, 0.1) is 18.0 Å². The molecular formula is C33H26F3NO4. The lowest BCUT2D eigenvalue weighted by Crippen LogP contribution is -2.28. The van der Waals surface area contributed by atoms with Crippen molar-refractivity contribution in [3.8, 4) is 22.3 Å². The third-order valence-electron chi connectivity index (χ3n) is 7.23. The van der Waals surface area contributed by atoms with Crippen molar-refractivity contribution >= 4 is 11.9 Å². The molecular weight excluding hydrogens is 531 g/mol. The van der Waals surface area contributed by atoms with Gasteiger partial charge in [0.25, 0.3) is 5.88 Å². The maximum atomic E-state index is 13.9. The summed E-state index contributed by atoms with van der Waals surface area (Å²) in [5.41, 5.74) is 3.45. The van der Waals surface area contributed by atoms with Crippen LogP contribution in [0.15, 0.2) is 103 Å². The fourth-order valence-corrected chi connectivity index (χ4v) is 5.24. The van der Waals surface area contributed by atoms with Gasteiger partial charge in [-0.05, 0) is 64.1 Å². The molecule has 0 spiro atoms. The quantitative estimate of drug-likeness (QED) is 0.242. The van der Waals surface area contributed by atoms with Gasteiger partial charge in [0.15, 0.2) is 5.94 Å². The molecule has 1 aliphatic heterocycles. The summed E-state index contributed by atoms with van der Waals surface area (Å²) in [5.74, 6) is 0.712. The Morgan fingerprint density at radius 1 is 0.902 bits per heavy atom. The van der Waals surface area contributed by atoms with Crippen LogP contribution < -0.4 is 0 Å². The molecule has 5 nitrogen and oxygen atoms in total. The number of aliphatic carboxylic acids is 1. The van der Waals surface area contributed by atoms with Gasteiger partial charge >= 0.3 is 12.1 Å². The molecule has 0 radical (unpaired) electrons. The number of carbonyl (C=O) groups is 1. The third kappa shape index (κ3) is 5.88. The van der Waals surface area contributed by atoms with Crippen molar-refractivity contribution in [2.24, 2.45) is 0 Å². The predicted octanol–water partition coefficient (Wildman–Crippen LogP) is 7.30. The van der Waals surface area contributed by atoms with E-state index < -0.39 is 23.8 Å². The number of hydrogen-bond acceptors (Lipinski definition) is 4. The highest BCUT2D eigenvalue weighted by molar-refractivity contribution is 5.86. The molecule has 8 heteroatoms. The number of alkyl halides is 3. The monoisotopic (exact) mass is 557 g/mol. The van der Waals surface area contributed by atoms with Crippen LogP contribution in [0.1, 0.15) is 35.3 Å². The highest BCUT2D eigenvalue weighted by atomic mass is 19.4. The Bertz CT molecular complexity index is 1610. The lowest BCUT2D eigenvalue weighted by Gasteiger charge is -2.25. The number of halogens is 3. The van der Waals surface area contributed by atoms with Crippen molar-refractivity contribution in [2.75, 3.05) is 0 Å². The SMILES string of the molecule is CC1C(c2ccccc2)OC(=C=O)N1Cc1cc(C(F)(F)F)ccc1-c1cc(CC(=O)O)ccc1-c1ccccc1. The van der Waals surface area contributed by atoms with E-state index >= 15 is 0 Å². The van der Waals surface area contributed by atoms with Crippen molar-refractivity contribution < 1.29 is 32.6 Å². The summed E-state index contributed by atoms with van der Waals surface area (Å²) in [6.45, 7) is 1.78. The molecule has 0 aliphatic carbocycles. The standard InChI is InChI=1S/C33H26F3NO4/c1-21-32(24-10-6-3-7-11-24)41-30(20-38)37(21)19-25-18-26(33(34,35)36)13-15-28(25)29-16-22(17-31(39)40)12-14-27(29)23-8-4-2-5-9-23/h2-16,18,21,32H,17,19H2,1H3,(H,39,40). The van der Waals surface area contributed by atoms with Gasteiger partial charge in [-0.25, -0.2) is 4.79 Å². The number of benzene rings is 4. The smallest absolute Gasteiger partial charge is 0.416 e. The first kappa shape index (κ1) is 27.7. The van der Waals surface area contributed by atoms with Crippen molar-refractivity contribution in [3.05, 3.63) is 125 Å². The maximum Gasteiger partial charge on any atom is 0.416 e. The van der Waals surface area contributed by atoms with Crippen molar-refractivity contribution in [1.29, 1.82) is 0 Å². The Morgan fingerprint density at radius 2 is 1.56 bits per heavy atom. The molecule has 2 unspecified atom stereocenters. The van der Waals surface area contributed by atoms with E-state index in [1.165, 1.54) is 6.07 Å². The van der Waals surface area contributed by atoms with Crippen LogP contribution in [0.2, 0.25) is 0 Å². The van der Waals surface area contributed by atoms with Crippen LogP contribution >= 0.6 is 0 Å². The molecule has 208 valence electrons. The Hall–Kier alpha value is -4.81. The Morgan fingerprint density at radius 3 is 2.20 bits per heavy atom. The van der Waals surface area contributed by atoms with Crippen LogP contribution in [0.4, 0.5) is 13.2 Å².